The number of H-pyrrole nitrogens is 1. The maximum Gasteiger partial charge on any atom is 0.410 e. The largest absolute Gasteiger partial charge is 0.493 e. The van der Waals surface area contributed by atoms with Gasteiger partial charge in [-0.15, -0.1) is 0 Å². The third-order valence-corrected chi connectivity index (χ3v) is 7.25. The predicted octanol–water partition coefficient (Wildman–Crippen LogP) is 4.97. The minimum atomic E-state index is -0.787. The number of aromatic nitrogens is 1. The number of nitrogens with one attached hydrogen (secondary N) is 1. The molecule has 1 aliphatic heterocycles. The number of hydrogen-bond donors (Lipinski definition) is 3. The van der Waals surface area contributed by atoms with Crippen LogP contribution < -0.4 is 4.74 Å². The van der Waals surface area contributed by atoms with E-state index in [1.807, 2.05) is 47.4 Å². The highest BCUT2D eigenvalue weighted by atomic mass is 35.5. The van der Waals surface area contributed by atoms with Crippen LogP contribution in [-0.2, 0) is 11.2 Å². The van der Waals surface area contributed by atoms with Gasteiger partial charge in [0.1, 0.15) is 17.9 Å². The minimum Gasteiger partial charge on any atom is -0.493 e. The predicted molar refractivity (Wildman–Crippen MR) is 134 cm³/mol. The zero-order chi connectivity index (χ0) is 24.4. The summed E-state index contributed by atoms with van der Waals surface area (Å²) in [5.41, 5.74) is 4.11. The van der Waals surface area contributed by atoms with Crippen molar-refractivity contribution in [2.45, 2.75) is 56.8 Å². The molecule has 3 aromatic rings. The van der Waals surface area contributed by atoms with Crippen molar-refractivity contribution >= 4 is 28.6 Å². The lowest BCUT2D eigenvalue weighted by Gasteiger charge is -2.36. The first kappa shape index (κ1) is 24.0. The number of fused-ring (bicyclic) bond motifs is 3. The number of ether oxygens (including phenoxy) is 2. The van der Waals surface area contributed by atoms with Gasteiger partial charge in [0.25, 0.3) is 0 Å². The maximum atomic E-state index is 13.3. The third kappa shape index (κ3) is 5.13. The number of rotatable bonds is 7. The molecule has 2 aromatic carbocycles. The van der Waals surface area contributed by atoms with E-state index in [0.29, 0.717) is 30.3 Å². The number of carbonyl (C=O) groups is 1. The summed E-state index contributed by atoms with van der Waals surface area (Å²) < 4.78 is 11.6. The van der Waals surface area contributed by atoms with E-state index in [2.05, 4.69) is 4.98 Å². The zero-order valence-corrected chi connectivity index (χ0v) is 20.3. The van der Waals surface area contributed by atoms with Crippen LogP contribution in [0.15, 0.2) is 42.5 Å². The van der Waals surface area contributed by atoms with Crippen molar-refractivity contribution < 1.29 is 24.5 Å². The van der Waals surface area contributed by atoms with Gasteiger partial charge in [0.05, 0.1) is 19.3 Å². The van der Waals surface area contributed by atoms with Crippen molar-refractivity contribution in [3.05, 3.63) is 64.3 Å². The molecular formula is C27H31ClN2O5. The first-order chi connectivity index (χ1) is 17.0. The van der Waals surface area contributed by atoms with Crippen molar-refractivity contribution in [3.63, 3.8) is 0 Å². The summed E-state index contributed by atoms with van der Waals surface area (Å²) in [7, 11) is 0. The molecule has 1 fully saturated rings. The third-order valence-electron chi connectivity index (χ3n) is 7.02. The van der Waals surface area contributed by atoms with E-state index in [1.54, 1.807) is 0 Å². The van der Waals surface area contributed by atoms with Crippen molar-refractivity contribution in [3.8, 4) is 5.75 Å². The highest BCUT2D eigenvalue weighted by Gasteiger charge is 2.36. The van der Waals surface area contributed by atoms with Crippen LogP contribution in [-0.4, -0.2) is 58.2 Å². The molecule has 0 radical (unpaired) electrons. The molecule has 0 spiro atoms. The number of nitrogens with zero attached hydrogens (tertiary/aromatic N) is 1. The lowest BCUT2D eigenvalue weighted by atomic mass is 9.92. The van der Waals surface area contributed by atoms with Crippen LogP contribution in [0.25, 0.3) is 10.9 Å². The van der Waals surface area contributed by atoms with Crippen molar-refractivity contribution in [1.82, 2.24) is 9.88 Å². The lowest BCUT2D eigenvalue weighted by Crippen LogP contribution is -2.42. The molecule has 1 unspecified atom stereocenters. The van der Waals surface area contributed by atoms with Gasteiger partial charge in [-0.05, 0) is 73.6 Å². The van der Waals surface area contributed by atoms with Gasteiger partial charge in [0, 0.05) is 34.6 Å². The Balaban J connectivity index is 1.44. The molecule has 2 atom stereocenters. The second-order valence-corrected chi connectivity index (χ2v) is 9.82. The average molecular weight is 499 g/mol. The summed E-state index contributed by atoms with van der Waals surface area (Å²) in [5, 5.41) is 20.2. The van der Waals surface area contributed by atoms with E-state index in [9.17, 15) is 9.90 Å². The average Bonchev–Trinajstić information content (AvgIpc) is 3.51. The molecule has 8 heteroatoms. The van der Waals surface area contributed by atoms with Crippen molar-refractivity contribution in [1.29, 1.82) is 0 Å². The fraction of sp³-hybridized carbons (Fsp3) is 0.444. The summed E-state index contributed by atoms with van der Waals surface area (Å²) in [6.07, 6.45) is 4.07. The Morgan fingerprint density at radius 3 is 2.69 bits per heavy atom. The van der Waals surface area contributed by atoms with Crippen molar-refractivity contribution in [2.24, 2.45) is 0 Å². The highest BCUT2D eigenvalue weighted by Crippen LogP contribution is 2.40. The quantitative estimate of drug-likeness (QED) is 0.427. The number of benzene rings is 2. The second-order valence-electron chi connectivity index (χ2n) is 9.39. The molecule has 1 aromatic heterocycles. The normalized spacial score (nSPS) is 19.1. The number of carbonyl (C=O) groups excluding carboxylic acids is 1. The molecule has 1 saturated carbocycles. The van der Waals surface area contributed by atoms with E-state index >= 15 is 0 Å². The summed E-state index contributed by atoms with van der Waals surface area (Å²) in [4.78, 5) is 18.7. The number of aliphatic hydroxyl groups excluding tert-OH is 2. The van der Waals surface area contributed by atoms with E-state index in [4.69, 9.17) is 26.2 Å². The van der Waals surface area contributed by atoms with Crippen LogP contribution in [0.3, 0.4) is 0 Å². The minimum absolute atomic E-state index is 0.00360. The van der Waals surface area contributed by atoms with Gasteiger partial charge >= 0.3 is 6.09 Å². The number of aromatic amines is 1. The number of aliphatic hydroxyl groups is 2. The summed E-state index contributed by atoms with van der Waals surface area (Å²) in [5.74, 6) is 0.665. The molecule has 2 aliphatic rings. The van der Waals surface area contributed by atoms with E-state index < -0.39 is 6.10 Å². The smallest absolute Gasteiger partial charge is 0.410 e. The summed E-state index contributed by atoms with van der Waals surface area (Å²) in [6, 6.07) is 13.2. The van der Waals surface area contributed by atoms with E-state index in [1.165, 1.54) is 5.56 Å². The number of halogens is 1. The molecule has 35 heavy (non-hydrogen) atoms. The standard InChI is InChI=1S/C27H31ClN2O5/c28-18-7-10-24-23(15-18)22-11-13-30(27(33)35-21-3-1-2-4-21)26(25(22)29-24)17-5-8-20(9-6-17)34-14-12-19(32)16-31/h5-10,15,19,21,26,29,31-32H,1-4,11-14,16H2/t19?,26-/m0/s1. The Labute approximate surface area is 209 Å². The van der Waals surface area contributed by atoms with Gasteiger partial charge in [-0.2, -0.15) is 0 Å². The van der Waals surface area contributed by atoms with E-state index in [-0.39, 0.29) is 24.8 Å². The fourth-order valence-electron chi connectivity index (χ4n) is 5.17. The topological polar surface area (TPSA) is 95.0 Å². The maximum absolute atomic E-state index is 13.3. The lowest BCUT2D eigenvalue weighted by molar-refractivity contribution is 0.0551. The van der Waals surface area contributed by atoms with Gasteiger partial charge < -0.3 is 24.7 Å². The first-order valence-corrected chi connectivity index (χ1v) is 12.7. The second kappa shape index (κ2) is 10.5. The SMILES string of the molecule is O=C(OC1CCCC1)N1CCc2c([nH]c3ccc(Cl)cc23)[C@@H]1c1ccc(OCCC(O)CO)cc1. The molecule has 1 aliphatic carbocycles. The Bertz CT molecular complexity index is 1170. The summed E-state index contributed by atoms with van der Waals surface area (Å²) in [6.45, 7) is 0.575. The summed E-state index contributed by atoms with van der Waals surface area (Å²) >= 11 is 6.29. The molecule has 7 nitrogen and oxygen atoms in total. The Morgan fingerprint density at radius 2 is 1.94 bits per heavy atom. The molecule has 0 bridgehead atoms. The van der Waals surface area contributed by atoms with Crippen LogP contribution in [0.5, 0.6) is 5.75 Å². The van der Waals surface area contributed by atoms with Crippen LogP contribution in [0, 0.1) is 0 Å². The van der Waals surface area contributed by atoms with Crippen LogP contribution in [0.4, 0.5) is 4.79 Å². The molecule has 5 rings (SSSR count). The van der Waals surface area contributed by atoms with Crippen molar-refractivity contribution in [2.75, 3.05) is 19.8 Å². The Morgan fingerprint density at radius 1 is 1.17 bits per heavy atom. The number of amides is 1. The molecule has 2 heterocycles. The molecule has 186 valence electrons. The van der Waals surface area contributed by atoms with Crippen LogP contribution in [0.1, 0.15) is 55.0 Å². The Hall–Kier alpha value is -2.74. The highest BCUT2D eigenvalue weighted by molar-refractivity contribution is 6.31. The van der Waals surface area contributed by atoms with Gasteiger partial charge in [0.2, 0.25) is 0 Å². The fourth-order valence-corrected chi connectivity index (χ4v) is 5.34. The first-order valence-electron chi connectivity index (χ1n) is 12.3. The number of hydrogen-bond acceptors (Lipinski definition) is 5. The monoisotopic (exact) mass is 498 g/mol. The van der Waals surface area contributed by atoms with Gasteiger partial charge in [-0.3, -0.25) is 4.90 Å². The Kier molecular flexibility index (Phi) is 7.18. The van der Waals surface area contributed by atoms with Crippen LogP contribution >= 0.6 is 11.6 Å². The van der Waals surface area contributed by atoms with Gasteiger partial charge in [-0.25, -0.2) is 4.79 Å². The van der Waals surface area contributed by atoms with Crippen LogP contribution in [0.2, 0.25) is 5.02 Å². The molecule has 0 saturated heterocycles. The van der Waals surface area contributed by atoms with Gasteiger partial charge in [0.15, 0.2) is 0 Å². The van der Waals surface area contributed by atoms with E-state index in [0.717, 1.165) is 54.3 Å². The molecular weight excluding hydrogens is 468 g/mol. The molecule has 3 N–H and O–H groups in total. The zero-order valence-electron chi connectivity index (χ0n) is 19.6. The van der Waals surface area contributed by atoms with Gasteiger partial charge in [-0.1, -0.05) is 23.7 Å². The molecule has 1 amide bonds.